The Morgan fingerprint density at radius 3 is 1.18 bits per heavy atom. The zero-order chi connectivity index (χ0) is 29.7. The molecule has 15 heteroatoms. The van der Waals surface area contributed by atoms with Gasteiger partial charge in [0.1, 0.15) is 0 Å². The number of hydrogen-bond acceptors (Lipinski definition) is 9. The lowest BCUT2D eigenvalue weighted by atomic mass is 10.1. The molecule has 0 heterocycles. The number of hydrogen-bond donors (Lipinski definition) is 3. The highest BCUT2D eigenvalue weighted by Crippen LogP contribution is 2.36. The number of nitrogens with one attached hydrogen (secondary N) is 3. The summed E-state index contributed by atoms with van der Waals surface area (Å²) < 4.78 is 85.6. The van der Waals surface area contributed by atoms with Gasteiger partial charge in [-0.05, 0) is 44.9 Å². The van der Waals surface area contributed by atoms with Gasteiger partial charge in [-0.15, -0.1) is 0 Å². The summed E-state index contributed by atoms with van der Waals surface area (Å²) in [6, 6.07) is 5.82. The van der Waals surface area contributed by atoms with Crippen molar-refractivity contribution in [1.82, 2.24) is 14.2 Å². The van der Waals surface area contributed by atoms with Crippen molar-refractivity contribution in [2.24, 2.45) is 0 Å². The summed E-state index contributed by atoms with van der Waals surface area (Å²) in [4.78, 5) is 0. The van der Waals surface area contributed by atoms with Gasteiger partial charge in [0, 0.05) is 45.3 Å². The highest BCUT2D eigenvalue weighted by Gasteiger charge is 2.64. The molecule has 0 bridgehead atoms. The highest BCUT2D eigenvalue weighted by molar-refractivity contribution is 8.24. The van der Waals surface area contributed by atoms with E-state index in [2.05, 4.69) is 14.2 Å². The van der Waals surface area contributed by atoms with E-state index in [9.17, 15) is 25.3 Å². The smallest absolute Gasteiger partial charge is 0.213 e. The second kappa shape index (κ2) is 20.1. The summed E-state index contributed by atoms with van der Waals surface area (Å²) in [5, 5.41) is 26.1. The van der Waals surface area contributed by atoms with Gasteiger partial charge in [0.2, 0.25) is 30.1 Å². The van der Waals surface area contributed by atoms with E-state index >= 15 is 0 Å². The van der Waals surface area contributed by atoms with Crippen molar-refractivity contribution in [3.8, 4) is 18.2 Å². The van der Waals surface area contributed by atoms with Crippen molar-refractivity contribution in [3.63, 3.8) is 0 Å². The van der Waals surface area contributed by atoms with Crippen LogP contribution < -0.4 is 14.2 Å². The van der Waals surface area contributed by atoms with Crippen LogP contribution >= 0.6 is 0 Å². The Bertz CT molecular complexity index is 1010. The molecular weight excluding hydrogens is 565 g/mol. The molecule has 0 saturated heterocycles. The predicted octanol–water partition coefficient (Wildman–Crippen LogP) is 3.23. The van der Waals surface area contributed by atoms with Crippen LogP contribution in [0.1, 0.15) is 110 Å². The van der Waals surface area contributed by atoms with Gasteiger partial charge >= 0.3 is 3.41 Å². The van der Waals surface area contributed by atoms with Crippen molar-refractivity contribution < 1.29 is 25.3 Å². The van der Waals surface area contributed by atoms with Gasteiger partial charge in [0.05, 0.1) is 18.2 Å². The van der Waals surface area contributed by atoms with Gasteiger partial charge in [0.15, 0.2) is 0 Å². The summed E-state index contributed by atoms with van der Waals surface area (Å²) in [6.45, 7) is 1.36. The van der Waals surface area contributed by atoms with E-state index in [0.29, 0.717) is 32.1 Å². The van der Waals surface area contributed by atoms with Crippen molar-refractivity contribution in [3.05, 3.63) is 0 Å². The van der Waals surface area contributed by atoms with Gasteiger partial charge < -0.3 is 0 Å². The molecule has 0 atom stereocenters. The molecule has 0 radical (unpaired) electrons. The summed E-state index contributed by atoms with van der Waals surface area (Å²) in [6.07, 6.45) is 5.60. The molecular formula is C24H44N6O6S3. The fourth-order valence-electron chi connectivity index (χ4n) is 3.89. The lowest BCUT2D eigenvalue weighted by Gasteiger charge is -2.32. The van der Waals surface area contributed by atoms with E-state index in [1.807, 2.05) is 25.1 Å². The van der Waals surface area contributed by atoms with E-state index in [-0.39, 0.29) is 64.6 Å². The standard InChI is InChI=1S/C24H44N6O6S3/c1-2-3-4-5-6-10-17-24(37(31,32)28-21-14-7-11-18-25,38(33,34)29-22-15-8-12-19-26)39(35,36)30-23-16-9-13-20-27/h28-30H,2-17,21-23H2,1H3. The summed E-state index contributed by atoms with van der Waals surface area (Å²) >= 11 is 0. The molecule has 0 fully saturated rings. The van der Waals surface area contributed by atoms with E-state index in [4.69, 9.17) is 15.8 Å². The fourth-order valence-corrected chi connectivity index (χ4v) is 11.6. The molecule has 0 unspecified atom stereocenters. The quantitative estimate of drug-likeness (QED) is 0.130. The molecule has 0 amide bonds. The van der Waals surface area contributed by atoms with E-state index < -0.39 is 39.9 Å². The second-order valence-corrected chi connectivity index (χ2v) is 16.0. The zero-order valence-electron chi connectivity index (χ0n) is 23.0. The average molecular weight is 609 g/mol. The van der Waals surface area contributed by atoms with E-state index in [1.54, 1.807) is 0 Å². The minimum atomic E-state index is -5.02. The normalized spacial score (nSPS) is 12.5. The minimum absolute atomic E-state index is 0.0454. The molecule has 3 N–H and O–H groups in total. The maximum Gasteiger partial charge on any atom is 0.313 e. The van der Waals surface area contributed by atoms with Gasteiger partial charge in [-0.25, -0.2) is 39.4 Å². The van der Waals surface area contributed by atoms with Crippen LogP contribution in [0, 0.1) is 34.0 Å². The molecule has 0 aromatic rings. The number of nitrogens with zero attached hydrogens (tertiary/aromatic N) is 3. The Labute approximate surface area is 235 Å². The molecule has 0 aromatic carbocycles. The average Bonchev–Trinajstić information content (AvgIpc) is 2.87. The molecule has 0 aliphatic heterocycles. The first-order valence-electron chi connectivity index (χ1n) is 13.6. The van der Waals surface area contributed by atoms with Crippen LogP contribution in [-0.2, 0) is 30.1 Å². The van der Waals surface area contributed by atoms with Crippen molar-refractivity contribution in [1.29, 1.82) is 15.8 Å². The number of sulfonamides is 3. The Morgan fingerprint density at radius 1 is 0.513 bits per heavy atom. The lowest BCUT2D eigenvalue weighted by molar-refractivity contribution is 0.506. The maximum atomic E-state index is 13.7. The van der Waals surface area contributed by atoms with Crippen LogP contribution in [0.25, 0.3) is 0 Å². The third-order valence-electron chi connectivity index (χ3n) is 6.09. The van der Waals surface area contributed by atoms with Crippen LogP contribution in [-0.4, -0.2) is 48.3 Å². The predicted molar refractivity (Wildman–Crippen MR) is 150 cm³/mol. The molecule has 0 spiro atoms. The van der Waals surface area contributed by atoms with E-state index in [0.717, 1.165) is 19.3 Å². The summed E-state index contributed by atoms with van der Waals surface area (Å²) in [5.74, 6) is 0. The molecule has 0 aromatic heterocycles. The van der Waals surface area contributed by atoms with Crippen molar-refractivity contribution in [2.45, 2.75) is 113 Å². The third-order valence-corrected chi connectivity index (χ3v) is 14.9. The minimum Gasteiger partial charge on any atom is -0.213 e. The van der Waals surface area contributed by atoms with Crippen LogP contribution in [0.3, 0.4) is 0 Å². The Hall–Kier alpha value is -1.80. The second-order valence-electron chi connectivity index (χ2n) is 9.24. The zero-order valence-corrected chi connectivity index (χ0v) is 25.4. The maximum absolute atomic E-state index is 13.7. The molecule has 0 aliphatic carbocycles. The van der Waals surface area contributed by atoms with Crippen LogP contribution in [0.15, 0.2) is 0 Å². The van der Waals surface area contributed by atoms with Crippen molar-refractivity contribution in [2.75, 3.05) is 19.6 Å². The van der Waals surface area contributed by atoms with Crippen molar-refractivity contribution >= 4 is 30.1 Å². The monoisotopic (exact) mass is 608 g/mol. The molecule has 12 nitrogen and oxygen atoms in total. The number of nitriles is 3. The van der Waals surface area contributed by atoms with Crippen LogP contribution in [0.5, 0.6) is 0 Å². The summed E-state index contributed by atoms with van der Waals surface area (Å²) in [5.41, 5.74) is 0. The molecule has 224 valence electrons. The van der Waals surface area contributed by atoms with Crippen LogP contribution in [0.4, 0.5) is 0 Å². The Balaban J connectivity index is 6.37. The van der Waals surface area contributed by atoms with Gasteiger partial charge in [0.25, 0.3) is 0 Å². The number of unbranched alkanes of at least 4 members (excludes halogenated alkanes) is 11. The third kappa shape index (κ3) is 12.5. The van der Waals surface area contributed by atoms with Gasteiger partial charge in [-0.1, -0.05) is 39.0 Å². The van der Waals surface area contributed by atoms with Crippen LogP contribution in [0.2, 0.25) is 0 Å². The molecule has 39 heavy (non-hydrogen) atoms. The first kappa shape index (κ1) is 37.2. The topological polar surface area (TPSA) is 210 Å². The Morgan fingerprint density at radius 2 is 0.846 bits per heavy atom. The molecule has 0 saturated carbocycles. The molecule has 0 aliphatic rings. The SMILES string of the molecule is CCCCCCCCC(S(=O)(=O)NCCCCC#N)(S(=O)(=O)NCCCCC#N)S(=O)(=O)NCCCCC#N. The first-order valence-corrected chi connectivity index (χ1v) is 18.0. The van der Waals surface area contributed by atoms with Gasteiger partial charge in [-0.3, -0.25) is 0 Å². The van der Waals surface area contributed by atoms with E-state index in [1.165, 1.54) is 0 Å². The lowest BCUT2D eigenvalue weighted by Crippen LogP contribution is -2.63. The van der Waals surface area contributed by atoms with Gasteiger partial charge in [-0.2, -0.15) is 15.8 Å². The summed E-state index contributed by atoms with van der Waals surface area (Å²) in [7, 11) is -15.1. The highest BCUT2D eigenvalue weighted by atomic mass is 32.3. The first-order chi connectivity index (χ1) is 18.5. The largest absolute Gasteiger partial charge is 0.313 e. The Kier molecular flexibility index (Phi) is 19.2. The molecule has 0 rings (SSSR count). The number of rotatable bonds is 25. The fraction of sp³-hybridized carbons (Fsp3) is 0.875.